The molecule has 1 aromatic heterocycles. The molecule has 20 heavy (non-hydrogen) atoms. The molecule has 1 amide bonds. The predicted octanol–water partition coefficient (Wildman–Crippen LogP) is 0.312. The maximum atomic E-state index is 12.6. The van der Waals surface area contributed by atoms with Gasteiger partial charge in [0, 0.05) is 12.7 Å². The van der Waals surface area contributed by atoms with Crippen LogP contribution in [0, 0.1) is 0 Å². The van der Waals surface area contributed by atoms with E-state index in [0.29, 0.717) is 13.0 Å². The number of nitrogens with two attached hydrogens (primary N) is 1. The number of anilines is 1. The summed E-state index contributed by atoms with van der Waals surface area (Å²) in [7, 11) is 0. The van der Waals surface area contributed by atoms with Crippen LogP contribution in [0.4, 0.5) is 19.1 Å². The second-order valence-corrected chi connectivity index (χ2v) is 4.66. The summed E-state index contributed by atoms with van der Waals surface area (Å²) in [6.07, 6.45) is -3.02. The highest BCUT2D eigenvalue weighted by Gasteiger charge is 2.40. The van der Waals surface area contributed by atoms with Crippen LogP contribution in [0.3, 0.4) is 0 Å². The lowest BCUT2D eigenvalue weighted by molar-refractivity contribution is -0.141. The summed E-state index contributed by atoms with van der Waals surface area (Å²) >= 11 is 0. The van der Waals surface area contributed by atoms with E-state index in [9.17, 15) is 23.1 Å². The topological polar surface area (TPSA) is 92.3 Å². The molecule has 1 fully saturated rings. The fourth-order valence-corrected chi connectivity index (χ4v) is 2.07. The zero-order valence-corrected chi connectivity index (χ0v) is 10.4. The Labute approximate surface area is 112 Å². The number of alkyl halides is 3. The molecule has 0 aromatic carbocycles. The summed E-state index contributed by atoms with van der Waals surface area (Å²) in [5.74, 6) is -1.09. The molecule has 2 heterocycles. The SMILES string of the molecule is NC(=O)[C@@]1(O)CCCN(c2nccc(C(F)(F)F)n2)C1. The molecule has 0 saturated carbocycles. The van der Waals surface area contributed by atoms with Crippen molar-refractivity contribution in [3.8, 4) is 0 Å². The zero-order valence-electron chi connectivity index (χ0n) is 10.4. The number of β-amino-alcohol motifs (C(OH)–C–C–N with tert-alkyl or cyclic N) is 1. The van der Waals surface area contributed by atoms with Gasteiger partial charge in [0.1, 0.15) is 5.69 Å². The van der Waals surface area contributed by atoms with Crippen molar-refractivity contribution in [3.63, 3.8) is 0 Å². The second kappa shape index (κ2) is 4.89. The van der Waals surface area contributed by atoms with E-state index in [1.807, 2.05) is 0 Å². The highest BCUT2D eigenvalue weighted by molar-refractivity contribution is 5.84. The fraction of sp³-hybridized carbons (Fsp3) is 0.545. The Hall–Kier alpha value is -1.90. The van der Waals surface area contributed by atoms with Gasteiger partial charge in [-0.25, -0.2) is 9.97 Å². The van der Waals surface area contributed by atoms with E-state index in [1.165, 1.54) is 4.90 Å². The summed E-state index contributed by atoms with van der Waals surface area (Å²) < 4.78 is 37.7. The van der Waals surface area contributed by atoms with Crippen molar-refractivity contribution in [2.24, 2.45) is 5.73 Å². The highest BCUT2D eigenvalue weighted by Crippen LogP contribution is 2.29. The minimum absolute atomic E-state index is 0.164. The second-order valence-electron chi connectivity index (χ2n) is 4.66. The largest absolute Gasteiger partial charge is 0.433 e. The first kappa shape index (κ1) is 14.5. The molecule has 9 heteroatoms. The smallest absolute Gasteiger partial charge is 0.378 e. The standard InChI is InChI=1S/C11H13F3N4O2/c12-11(13,14)7-2-4-16-9(17-7)18-5-1-3-10(20,6-18)8(15)19/h2,4,20H,1,3,5-6H2,(H2,15,19)/t10-/m1/s1. The van der Waals surface area contributed by atoms with Gasteiger partial charge >= 0.3 is 6.18 Å². The molecule has 1 saturated heterocycles. The maximum Gasteiger partial charge on any atom is 0.433 e. The number of hydrogen-bond acceptors (Lipinski definition) is 5. The number of carbonyl (C=O) groups is 1. The summed E-state index contributed by atoms with van der Waals surface area (Å²) in [5.41, 5.74) is 2.26. The highest BCUT2D eigenvalue weighted by atomic mass is 19.4. The molecule has 1 aliphatic heterocycles. The lowest BCUT2D eigenvalue weighted by Crippen LogP contribution is -2.56. The van der Waals surface area contributed by atoms with E-state index in [1.54, 1.807) is 0 Å². The number of hydrogen-bond donors (Lipinski definition) is 2. The van der Waals surface area contributed by atoms with Gasteiger partial charge in [-0.2, -0.15) is 13.2 Å². The molecular formula is C11H13F3N4O2. The molecular weight excluding hydrogens is 277 g/mol. The molecule has 6 nitrogen and oxygen atoms in total. The van der Waals surface area contributed by atoms with Crippen molar-refractivity contribution in [2.45, 2.75) is 24.6 Å². The van der Waals surface area contributed by atoms with Crippen molar-refractivity contribution in [2.75, 3.05) is 18.0 Å². The van der Waals surface area contributed by atoms with Crippen LogP contribution >= 0.6 is 0 Å². The third kappa shape index (κ3) is 2.82. The Morgan fingerprint density at radius 3 is 2.80 bits per heavy atom. The lowest BCUT2D eigenvalue weighted by Gasteiger charge is -2.37. The van der Waals surface area contributed by atoms with Gasteiger partial charge in [0.15, 0.2) is 5.60 Å². The average molecular weight is 290 g/mol. The van der Waals surface area contributed by atoms with Crippen molar-refractivity contribution in [3.05, 3.63) is 18.0 Å². The van der Waals surface area contributed by atoms with Gasteiger partial charge in [0.25, 0.3) is 5.91 Å². The van der Waals surface area contributed by atoms with Gasteiger partial charge in [0.2, 0.25) is 5.95 Å². The van der Waals surface area contributed by atoms with Gasteiger partial charge in [-0.05, 0) is 18.9 Å². The van der Waals surface area contributed by atoms with E-state index in [-0.39, 0.29) is 18.9 Å². The molecule has 1 aromatic rings. The first-order valence-corrected chi connectivity index (χ1v) is 5.90. The predicted molar refractivity (Wildman–Crippen MR) is 62.6 cm³/mol. The Morgan fingerprint density at radius 2 is 2.20 bits per heavy atom. The van der Waals surface area contributed by atoms with Crippen LogP contribution in [0.5, 0.6) is 0 Å². The minimum atomic E-state index is -4.58. The third-order valence-corrected chi connectivity index (χ3v) is 3.15. The average Bonchev–Trinajstić information content (AvgIpc) is 2.38. The van der Waals surface area contributed by atoms with Crippen LogP contribution in [0.1, 0.15) is 18.5 Å². The van der Waals surface area contributed by atoms with Crippen molar-refractivity contribution < 1.29 is 23.1 Å². The van der Waals surface area contributed by atoms with E-state index < -0.39 is 23.4 Å². The van der Waals surface area contributed by atoms with Crippen LogP contribution in [-0.2, 0) is 11.0 Å². The molecule has 110 valence electrons. The zero-order chi connectivity index (χ0) is 15.0. The molecule has 0 radical (unpaired) electrons. The molecule has 2 rings (SSSR count). The number of aromatic nitrogens is 2. The molecule has 0 bridgehead atoms. The van der Waals surface area contributed by atoms with Crippen LogP contribution in [0.25, 0.3) is 0 Å². The number of primary amides is 1. The number of aliphatic hydroxyl groups is 1. The van der Waals surface area contributed by atoms with Crippen molar-refractivity contribution >= 4 is 11.9 Å². The third-order valence-electron chi connectivity index (χ3n) is 3.15. The Balaban J connectivity index is 2.26. The van der Waals surface area contributed by atoms with Crippen LogP contribution in [0.15, 0.2) is 12.3 Å². The van der Waals surface area contributed by atoms with Gasteiger partial charge in [-0.15, -0.1) is 0 Å². The number of halogens is 3. The Morgan fingerprint density at radius 1 is 1.50 bits per heavy atom. The summed E-state index contributed by atoms with van der Waals surface area (Å²) in [5, 5.41) is 10.0. The Kier molecular flexibility index (Phi) is 3.55. The van der Waals surface area contributed by atoms with Crippen LogP contribution in [0.2, 0.25) is 0 Å². The summed E-state index contributed by atoms with van der Waals surface area (Å²) in [4.78, 5) is 19.7. The van der Waals surface area contributed by atoms with Gasteiger partial charge in [0.05, 0.1) is 6.54 Å². The number of rotatable bonds is 2. The first-order valence-electron chi connectivity index (χ1n) is 5.90. The van der Waals surface area contributed by atoms with Crippen LogP contribution in [-0.4, -0.2) is 39.7 Å². The molecule has 0 aliphatic carbocycles. The monoisotopic (exact) mass is 290 g/mol. The van der Waals surface area contributed by atoms with Crippen LogP contribution < -0.4 is 10.6 Å². The first-order chi connectivity index (χ1) is 9.22. The fourth-order valence-electron chi connectivity index (χ4n) is 2.07. The van der Waals surface area contributed by atoms with Gasteiger partial charge < -0.3 is 15.7 Å². The number of nitrogens with zero attached hydrogens (tertiary/aromatic N) is 3. The molecule has 3 N–H and O–H groups in total. The van der Waals surface area contributed by atoms with E-state index in [0.717, 1.165) is 12.3 Å². The number of amides is 1. The molecule has 1 aliphatic rings. The van der Waals surface area contributed by atoms with Crippen molar-refractivity contribution in [1.29, 1.82) is 0 Å². The normalized spacial score (nSPS) is 23.7. The molecule has 1 atom stereocenters. The quantitative estimate of drug-likeness (QED) is 0.818. The minimum Gasteiger partial charge on any atom is -0.378 e. The van der Waals surface area contributed by atoms with Gasteiger partial charge in [-0.3, -0.25) is 4.79 Å². The van der Waals surface area contributed by atoms with E-state index >= 15 is 0 Å². The summed E-state index contributed by atoms with van der Waals surface area (Å²) in [6, 6.07) is 0.758. The molecule has 0 unspecified atom stereocenters. The van der Waals surface area contributed by atoms with E-state index in [2.05, 4.69) is 9.97 Å². The Bertz CT molecular complexity index is 523. The van der Waals surface area contributed by atoms with Crippen molar-refractivity contribution in [1.82, 2.24) is 9.97 Å². The summed E-state index contributed by atoms with van der Waals surface area (Å²) in [6.45, 7) is 0.126. The number of carbonyl (C=O) groups excluding carboxylic acids is 1. The maximum absolute atomic E-state index is 12.6. The lowest BCUT2D eigenvalue weighted by atomic mass is 9.92. The van der Waals surface area contributed by atoms with E-state index in [4.69, 9.17) is 5.73 Å². The van der Waals surface area contributed by atoms with Gasteiger partial charge in [-0.1, -0.05) is 0 Å². The number of piperidine rings is 1. The molecule has 0 spiro atoms.